The first-order valence-electron chi connectivity index (χ1n) is 17.6. The highest BCUT2D eigenvalue weighted by Crippen LogP contribution is 2.59. The molecule has 1 aromatic heterocycles. The molecule has 4 heterocycles. The van der Waals surface area contributed by atoms with E-state index in [0.29, 0.717) is 25.2 Å². The Balaban J connectivity index is 1.10. The molecule has 1 spiro atoms. The van der Waals surface area contributed by atoms with Gasteiger partial charge < -0.3 is 30.2 Å². The number of amides is 2. The summed E-state index contributed by atoms with van der Waals surface area (Å²) in [5, 5.41) is 25.1. The molecule has 7 rings (SSSR count). The number of rotatable bonds is 11. The number of benzene rings is 3. The highest BCUT2D eigenvalue weighted by Gasteiger charge is 2.66. The number of aromatic nitrogens is 3. The lowest BCUT2D eigenvalue weighted by molar-refractivity contribution is -0.146. The minimum atomic E-state index is -2.83. The van der Waals surface area contributed by atoms with Crippen molar-refractivity contribution in [3.63, 3.8) is 0 Å². The monoisotopic (exact) mass is 694 g/mol. The number of aliphatic hydroxyl groups excluding tert-OH is 1. The molecule has 0 saturated carbocycles. The summed E-state index contributed by atoms with van der Waals surface area (Å²) in [6.07, 6.45) is 3.83. The Morgan fingerprint density at radius 1 is 1.10 bits per heavy atom. The Labute approximate surface area is 293 Å². The summed E-state index contributed by atoms with van der Waals surface area (Å²) < 4.78 is 8.73. The van der Waals surface area contributed by atoms with Gasteiger partial charge in [-0.15, -0.1) is 5.10 Å². The van der Waals surface area contributed by atoms with Gasteiger partial charge in [-0.1, -0.05) is 72.8 Å². The van der Waals surface area contributed by atoms with E-state index in [1.165, 1.54) is 0 Å². The Kier molecular flexibility index (Phi) is 9.48. The van der Waals surface area contributed by atoms with Gasteiger partial charge in [-0.2, -0.15) is 0 Å². The van der Waals surface area contributed by atoms with Crippen molar-refractivity contribution in [3.8, 4) is 0 Å². The van der Waals surface area contributed by atoms with Crippen LogP contribution in [0.1, 0.15) is 54.5 Å². The summed E-state index contributed by atoms with van der Waals surface area (Å²) in [7, 11) is -2.83. The third-order valence-corrected chi connectivity index (χ3v) is 13.3. The van der Waals surface area contributed by atoms with Crippen LogP contribution in [0.15, 0.2) is 85.1 Å². The van der Waals surface area contributed by atoms with Gasteiger partial charge in [0.05, 0.1) is 42.6 Å². The SMILES string of the molecule is C[C@H]1[C@H]([Si](C)(C)O)[C@@H](CCn2cc(C(CO)c3ccccc3)nn2)O[C@]12C(=O)N(Cc1ccc(NC(=O)[C@H]3CCCN3)cc1)c1ccccc12. The van der Waals surface area contributed by atoms with Crippen LogP contribution in [0.25, 0.3) is 0 Å². The van der Waals surface area contributed by atoms with Crippen molar-refractivity contribution in [2.45, 2.75) is 81.6 Å². The van der Waals surface area contributed by atoms with Crippen LogP contribution in [-0.2, 0) is 33.0 Å². The van der Waals surface area contributed by atoms with Crippen LogP contribution in [0.3, 0.4) is 0 Å². The Morgan fingerprint density at radius 2 is 1.84 bits per heavy atom. The molecule has 2 fully saturated rings. The molecule has 262 valence electrons. The molecule has 12 heteroatoms. The van der Waals surface area contributed by atoms with Crippen LogP contribution in [0.2, 0.25) is 18.6 Å². The molecule has 3 aliphatic rings. The van der Waals surface area contributed by atoms with Gasteiger partial charge in [0.15, 0.2) is 13.9 Å². The largest absolute Gasteiger partial charge is 0.432 e. The fourth-order valence-electron chi connectivity index (χ4n) is 8.37. The van der Waals surface area contributed by atoms with Gasteiger partial charge in [0, 0.05) is 35.5 Å². The summed E-state index contributed by atoms with van der Waals surface area (Å²) in [6.45, 7) is 7.49. The smallest absolute Gasteiger partial charge is 0.264 e. The molecule has 3 aromatic carbocycles. The van der Waals surface area contributed by atoms with Crippen molar-refractivity contribution in [2.75, 3.05) is 23.4 Å². The van der Waals surface area contributed by atoms with Crippen molar-refractivity contribution < 1.29 is 24.2 Å². The lowest BCUT2D eigenvalue weighted by Gasteiger charge is -2.32. The minimum Gasteiger partial charge on any atom is -0.432 e. The van der Waals surface area contributed by atoms with E-state index in [4.69, 9.17) is 4.74 Å². The highest BCUT2D eigenvalue weighted by molar-refractivity contribution is 6.71. The minimum absolute atomic E-state index is 0.0292. The fraction of sp³-hybridized carbons (Fsp3) is 0.421. The zero-order chi connectivity index (χ0) is 35.0. The lowest BCUT2D eigenvalue weighted by atomic mass is 9.82. The zero-order valence-electron chi connectivity index (χ0n) is 28.8. The van der Waals surface area contributed by atoms with E-state index < -0.39 is 13.9 Å². The van der Waals surface area contributed by atoms with Crippen molar-refractivity contribution in [1.29, 1.82) is 0 Å². The number of anilines is 2. The Morgan fingerprint density at radius 3 is 2.54 bits per heavy atom. The van der Waals surface area contributed by atoms with E-state index >= 15 is 0 Å². The van der Waals surface area contributed by atoms with Gasteiger partial charge in [0.2, 0.25) is 5.91 Å². The van der Waals surface area contributed by atoms with Gasteiger partial charge in [0.1, 0.15) is 0 Å². The summed E-state index contributed by atoms with van der Waals surface area (Å²) >= 11 is 0. The third-order valence-electron chi connectivity index (χ3n) is 10.8. The molecule has 6 atom stereocenters. The first-order chi connectivity index (χ1) is 24.1. The number of hydrogen-bond donors (Lipinski definition) is 4. The molecule has 4 N–H and O–H groups in total. The Hall–Kier alpha value is -4.20. The molecule has 0 bridgehead atoms. The number of carbonyl (C=O) groups excluding carboxylic acids is 2. The van der Waals surface area contributed by atoms with Crippen molar-refractivity contribution in [3.05, 3.63) is 107 Å². The van der Waals surface area contributed by atoms with Crippen LogP contribution in [0, 0.1) is 5.92 Å². The molecule has 4 aromatic rings. The number of ether oxygens (including phenoxy) is 1. The Bertz CT molecular complexity index is 1820. The molecule has 11 nitrogen and oxygen atoms in total. The average molecular weight is 695 g/mol. The van der Waals surface area contributed by atoms with Crippen LogP contribution < -0.4 is 15.5 Å². The van der Waals surface area contributed by atoms with Crippen molar-refractivity contribution in [2.24, 2.45) is 5.92 Å². The second kappa shape index (κ2) is 13.8. The first kappa shape index (κ1) is 34.3. The standard InChI is InChI=1S/C38H46N6O5Si/c1-25-35(50(2,3)48)34(19-21-43-23-32(41-42-43)29(24-45)27-10-5-4-6-11-27)49-38(25)30-12-7-8-14-33(30)44(37(38)47)22-26-15-17-28(18-16-26)40-36(46)31-13-9-20-39-31/h4-8,10-12,14-18,23,25,29,31,34-35,39,45,48H,9,13,19-22,24H2,1-3H3,(H,40,46)/t25-,29?,31+,34+,35-,38+/m0/s1. The van der Waals surface area contributed by atoms with E-state index in [1.54, 1.807) is 9.58 Å². The van der Waals surface area contributed by atoms with E-state index in [9.17, 15) is 19.5 Å². The van der Waals surface area contributed by atoms with Crippen LogP contribution in [-0.4, -0.2) is 70.3 Å². The average Bonchev–Trinajstić information content (AvgIpc) is 3.91. The van der Waals surface area contributed by atoms with Crippen molar-refractivity contribution >= 4 is 31.5 Å². The maximum absolute atomic E-state index is 14.7. The maximum Gasteiger partial charge on any atom is 0.264 e. The zero-order valence-corrected chi connectivity index (χ0v) is 29.8. The van der Waals surface area contributed by atoms with Crippen LogP contribution >= 0.6 is 0 Å². The molecule has 50 heavy (non-hydrogen) atoms. The van der Waals surface area contributed by atoms with Crippen LogP contribution in [0.5, 0.6) is 0 Å². The van der Waals surface area contributed by atoms with Gasteiger partial charge in [-0.3, -0.25) is 14.3 Å². The summed E-state index contributed by atoms with van der Waals surface area (Å²) in [5.41, 5.74) is 3.48. The predicted molar refractivity (Wildman–Crippen MR) is 193 cm³/mol. The third kappa shape index (κ3) is 6.30. The van der Waals surface area contributed by atoms with Crippen LogP contribution in [0.4, 0.5) is 11.4 Å². The predicted octanol–water partition coefficient (Wildman–Crippen LogP) is 4.53. The molecule has 2 saturated heterocycles. The summed E-state index contributed by atoms with van der Waals surface area (Å²) in [6, 6.07) is 25.1. The topological polar surface area (TPSA) is 142 Å². The number of aryl methyl sites for hydroxylation is 1. The van der Waals surface area contributed by atoms with E-state index in [0.717, 1.165) is 47.5 Å². The van der Waals surface area contributed by atoms with E-state index in [1.807, 2.05) is 105 Å². The number of carbonyl (C=O) groups is 2. The maximum atomic E-state index is 14.7. The van der Waals surface area contributed by atoms with Gasteiger partial charge in [-0.25, -0.2) is 0 Å². The normalized spacial score (nSPS) is 25.3. The number of hydrogen-bond acceptors (Lipinski definition) is 8. The van der Waals surface area contributed by atoms with Gasteiger partial charge in [0.25, 0.3) is 5.91 Å². The number of aliphatic hydroxyl groups is 1. The molecule has 0 radical (unpaired) electrons. The number of nitrogens with one attached hydrogen (secondary N) is 2. The highest BCUT2D eigenvalue weighted by atomic mass is 28.4. The molecular formula is C38H46N6O5Si. The molecule has 3 aliphatic heterocycles. The molecule has 1 unspecified atom stereocenters. The second-order valence-electron chi connectivity index (χ2n) is 14.4. The number of fused-ring (bicyclic) bond motifs is 2. The van der Waals surface area contributed by atoms with E-state index in [2.05, 4.69) is 20.9 Å². The van der Waals surface area contributed by atoms with Crippen molar-refractivity contribution in [1.82, 2.24) is 20.3 Å². The number of para-hydroxylation sites is 1. The molecule has 0 aliphatic carbocycles. The summed E-state index contributed by atoms with van der Waals surface area (Å²) in [4.78, 5) is 40.8. The lowest BCUT2D eigenvalue weighted by Crippen LogP contribution is -2.46. The second-order valence-corrected chi connectivity index (χ2v) is 18.4. The van der Waals surface area contributed by atoms with Gasteiger partial charge >= 0.3 is 0 Å². The fourth-order valence-corrected chi connectivity index (χ4v) is 11.0. The number of nitrogens with zero attached hydrogens (tertiary/aromatic N) is 4. The quantitative estimate of drug-likeness (QED) is 0.168. The first-order valence-corrected chi connectivity index (χ1v) is 20.6. The van der Waals surface area contributed by atoms with E-state index in [-0.39, 0.29) is 47.9 Å². The van der Waals surface area contributed by atoms with Gasteiger partial charge in [-0.05, 0) is 68.2 Å². The molecule has 2 amide bonds. The summed E-state index contributed by atoms with van der Waals surface area (Å²) in [5.74, 6) is -0.713. The molecular weight excluding hydrogens is 649 g/mol.